The van der Waals surface area contributed by atoms with Crippen molar-refractivity contribution in [3.05, 3.63) is 40.7 Å². The third-order valence-electron chi connectivity index (χ3n) is 3.94. The van der Waals surface area contributed by atoms with Gasteiger partial charge in [0.2, 0.25) is 0 Å². The lowest BCUT2D eigenvalue weighted by Crippen LogP contribution is -2.39. The number of amides is 2. The molecule has 0 radical (unpaired) electrons. The molecule has 0 aliphatic rings. The first kappa shape index (κ1) is 22.7. The molecule has 8 heteroatoms. The summed E-state index contributed by atoms with van der Waals surface area (Å²) >= 11 is 1.10. The molecule has 0 saturated heterocycles. The number of ether oxygens (including phenoxy) is 1. The van der Waals surface area contributed by atoms with Gasteiger partial charge in [0.1, 0.15) is 4.88 Å². The molecular formula is C21H28N2O5S. The van der Waals surface area contributed by atoms with E-state index in [0.29, 0.717) is 40.4 Å². The Labute approximate surface area is 175 Å². The fourth-order valence-corrected chi connectivity index (χ4v) is 3.73. The molecule has 0 fully saturated rings. The van der Waals surface area contributed by atoms with Crippen molar-refractivity contribution in [2.75, 3.05) is 25.0 Å². The Balaban J connectivity index is 1.97. The topological polar surface area (TPSA) is 88.9 Å². The number of hydrogen-bond acceptors (Lipinski definition) is 6. The minimum atomic E-state index is -0.576. The maximum Gasteiger partial charge on any atom is 0.349 e. The summed E-state index contributed by atoms with van der Waals surface area (Å²) in [6, 6.07) is 4.86. The first-order valence-corrected chi connectivity index (χ1v) is 10.4. The van der Waals surface area contributed by atoms with Gasteiger partial charge in [-0.2, -0.15) is 0 Å². The van der Waals surface area contributed by atoms with E-state index in [-0.39, 0.29) is 18.3 Å². The van der Waals surface area contributed by atoms with Gasteiger partial charge in [-0.05, 0) is 42.5 Å². The summed E-state index contributed by atoms with van der Waals surface area (Å²) in [4.78, 5) is 39.1. The Kier molecular flexibility index (Phi) is 8.01. The fourth-order valence-electron chi connectivity index (χ4n) is 2.77. The van der Waals surface area contributed by atoms with Crippen molar-refractivity contribution in [1.82, 2.24) is 4.90 Å². The maximum atomic E-state index is 12.5. The van der Waals surface area contributed by atoms with Crippen molar-refractivity contribution in [3.8, 4) is 0 Å². The van der Waals surface area contributed by atoms with Gasteiger partial charge in [0.05, 0.1) is 11.3 Å². The van der Waals surface area contributed by atoms with Crippen molar-refractivity contribution in [2.45, 2.75) is 34.6 Å². The number of carbonyl (C=O) groups excluding carboxylic acids is 3. The summed E-state index contributed by atoms with van der Waals surface area (Å²) in [6.45, 7) is 10.9. The second-order valence-corrected chi connectivity index (χ2v) is 8.77. The highest BCUT2D eigenvalue weighted by Gasteiger charge is 2.21. The molecule has 0 aromatic carbocycles. The minimum Gasteiger partial charge on any atom is -0.459 e. The van der Waals surface area contributed by atoms with E-state index in [0.717, 1.165) is 11.3 Å². The molecule has 7 nitrogen and oxygen atoms in total. The zero-order valence-corrected chi connectivity index (χ0v) is 18.3. The van der Waals surface area contributed by atoms with Crippen LogP contribution in [-0.4, -0.2) is 42.4 Å². The Hall–Kier alpha value is -2.61. The third-order valence-corrected chi connectivity index (χ3v) is 5.07. The standard InChI is InChI=1S/C21H28N2O5S/c1-13(2)10-23(11-14(3)4)18(24)12-28-21(26)19-15(5)9-17(29-19)22-20(25)16-7-6-8-27-16/h6-9,13-14H,10-12H2,1-5H3,(H,22,25). The monoisotopic (exact) mass is 420 g/mol. The average Bonchev–Trinajstić information content (AvgIpc) is 3.28. The first-order valence-electron chi connectivity index (χ1n) is 9.57. The van der Waals surface area contributed by atoms with Gasteiger partial charge < -0.3 is 19.4 Å². The van der Waals surface area contributed by atoms with Crippen LogP contribution in [0, 0.1) is 18.8 Å². The Morgan fingerprint density at radius 2 is 1.83 bits per heavy atom. The number of thiophene rings is 1. The number of furan rings is 1. The molecule has 2 rings (SSSR count). The number of carbonyl (C=O) groups is 3. The maximum absolute atomic E-state index is 12.5. The molecule has 0 spiro atoms. The summed E-state index contributed by atoms with van der Waals surface area (Å²) < 4.78 is 10.3. The van der Waals surface area contributed by atoms with Crippen LogP contribution in [0.2, 0.25) is 0 Å². The minimum absolute atomic E-state index is 0.182. The summed E-state index contributed by atoms with van der Waals surface area (Å²) in [7, 11) is 0. The molecule has 2 heterocycles. The number of aryl methyl sites for hydroxylation is 1. The Morgan fingerprint density at radius 3 is 2.38 bits per heavy atom. The van der Waals surface area contributed by atoms with Gasteiger partial charge >= 0.3 is 5.97 Å². The SMILES string of the molecule is Cc1cc(NC(=O)c2ccco2)sc1C(=O)OCC(=O)N(CC(C)C)CC(C)C. The van der Waals surface area contributed by atoms with Crippen LogP contribution in [-0.2, 0) is 9.53 Å². The summed E-state index contributed by atoms with van der Waals surface area (Å²) in [5, 5.41) is 3.19. The number of nitrogens with one attached hydrogen (secondary N) is 1. The van der Waals surface area contributed by atoms with Gasteiger partial charge in [-0.15, -0.1) is 11.3 Å². The number of anilines is 1. The molecule has 2 aromatic rings. The smallest absolute Gasteiger partial charge is 0.349 e. The van der Waals surface area contributed by atoms with Crippen LogP contribution >= 0.6 is 11.3 Å². The van der Waals surface area contributed by atoms with Gasteiger partial charge in [0, 0.05) is 13.1 Å². The molecule has 0 bridgehead atoms. The quantitative estimate of drug-likeness (QED) is 0.614. The summed E-state index contributed by atoms with van der Waals surface area (Å²) in [5.74, 6) is -0.346. The highest BCUT2D eigenvalue weighted by molar-refractivity contribution is 7.18. The van der Waals surface area contributed by atoms with E-state index in [1.54, 1.807) is 30.0 Å². The molecule has 2 amide bonds. The van der Waals surface area contributed by atoms with Crippen LogP contribution in [0.3, 0.4) is 0 Å². The summed E-state index contributed by atoms with van der Waals surface area (Å²) in [5.41, 5.74) is 0.670. The van der Waals surface area contributed by atoms with E-state index >= 15 is 0 Å². The molecule has 158 valence electrons. The van der Waals surface area contributed by atoms with Gasteiger partial charge in [-0.25, -0.2) is 4.79 Å². The highest BCUT2D eigenvalue weighted by atomic mass is 32.1. The normalized spacial score (nSPS) is 11.0. The van der Waals surface area contributed by atoms with E-state index in [9.17, 15) is 14.4 Å². The predicted molar refractivity (Wildman–Crippen MR) is 112 cm³/mol. The van der Waals surface area contributed by atoms with Crippen LogP contribution in [0.5, 0.6) is 0 Å². The predicted octanol–water partition coefficient (Wildman–Crippen LogP) is 4.20. The first-order chi connectivity index (χ1) is 13.7. The van der Waals surface area contributed by atoms with Crippen LogP contribution in [0.1, 0.15) is 53.5 Å². The van der Waals surface area contributed by atoms with Gasteiger partial charge in [-0.3, -0.25) is 9.59 Å². The van der Waals surface area contributed by atoms with Crippen LogP contribution < -0.4 is 5.32 Å². The fraction of sp³-hybridized carbons (Fsp3) is 0.476. The van der Waals surface area contributed by atoms with Crippen molar-refractivity contribution in [3.63, 3.8) is 0 Å². The van der Waals surface area contributed by atoms with Gasteiger partial charge in [0.25, 0.3) is 11.8 Å². The third kappa shape index (κ3) is 6.74. The Morgan fingerprint density at radius 1 is 1.17 bits per heavy atom. The lowest BCUT2D eigenvalue weighted by Gasteiger charge is -2.26. The summed E-state index contributed by atoms with van der Waals surface area (Å²) in [6.07, 6.45) is 1.41. The molecule has 29 heavy (non-hydrogen) atoms. The van der Waals surface area contributed by atoms with E-state index in [4.69, 9.17) is 9.15 Å². The molecule has 0 aliphatic heterocycles. The number of esters is 1. The van der Waals surface area contributed by atoms with Crippen molar-refractivity contribution >= 4 is 34.1 Å². The zero-order chi connectivity index (χ0) is 21.6. The molecule has 0 atom stereocenters. The molecule has 2 aromatic heterocycles. The highest BCUT2D eigenvalue weighted by Crippen LogP contribution is 2.28. The van der Waals surface area contributed by atoms with E-state index in [2.05, 4.69) is 5.32 Å². The number of rotatable bonds is 9. The van der Waals surface area contributed by atoms with E-state index < -0.39 is 11.9 Å². The Bertz CT molecular complexity index is 829. The van der Waals surface area contributed by atoms with Gasteiger partial charge in [0.15, 0.2) is 12.4 Å². The van der Waals surface area contributed by atoms with Crippen molar-refractivity contribution in [1.29, 1.82) is 0 Å². The molecule has 0 aliphatic carbocycles. The molecule has 1 N–H and O–H groups in total. The van der Waals surface area contributed by atoms with Crippen LogP contribution in [0.4, 0.5) is 5.00 Å². The van der Waals surface area contributed by atoms with E-state index in [1.807, 2.05) is 27.7 Å². The van der Waals surface area contributed by atoms with Crippen molar-refractivity contribution < 1.29 is 23.5 Å². The largest absolute Gasteiger partial charge is 0.459 e. The number of nitrogens with zero attached hydrogens (tertiary/aromatic N) is 1. The average molecular weight is 421 g/mol. The van der Waals surface area contributed by atoms with Crippen LogP contribution in [0.15, 0.2) is 28.9 Å². The van der Waals surface area contributed by atoms with Crippen molar-refractivity contribution in [2.24, 2.45) is 11.8 Å². The van der Waals surface area contributed by atoms with E-state index in [1.165, 1.54) is 6.26 Å². The zero-order valence-electron chi connectivity index (χ0n) is 17.5. The second kappa shape index (κ2) is 10.2. The lowest BCUT2D eigenvalue weighted by molar-refractivity contribution is -0.135. The molecular weight excluding hydrogens is 392 g/mol. The molecule has 0 unspecified atom stereocenters. The second-order valence-electron chi connectivity index (χ2n) is 7.72. The van der Waals surface area contributed by atoms with Gasteiger partial charge in [-0.1, -0.05) is 27.7 Å². The van der Waals surface area contributed by atoms with Crippen LogP contribution in [0.25, 0.3) is 0 Å². The molecule has 0 saturated carbocycles. The lowest BCUT2D eigenvalue weighted by atomic mass is 10.1. The number of hydrogen-bond donors (Lipinski definition) is 1.